The Bertz CT molecular complexity index is 337. The maximum atomic E-state index is 12.9. The molecule has 0 amide bonds. The molecule has 1 aromatic carbocycles. The van der Waals surface area contributed by atoms with E-state index in [0.29, 0.717) is 0 Å². The van der Waals surface area contributed by atoms with Crippen LogP contribution in [0.3, 0.4) is 0 Å². The highest BCUT2D eigenvalue weighted by Gasteiger charge is 2.16. The minimum Gasteiger partial charge on any atom is -0.504 e. The van der Waals surface area contributed by atoms with Gasteiger partial charge in [0.25, 0.3) is 0 Å². The average Bonchev–Trinajstić information content (AvgIpc) is 2.25. The lowest BCUT2D eigenvalue weighted by Gasteiger charge is -2.24. The summed E-state index contributed by atoms with van der Waals surface area (Å²) in [6.07, 6.45) is 1.84. The van der Waals surface area contributed by atoms with Gasteiger partial charge in [0, 0.05) is 6.07 Å². The molecule has 2 N–H and O–H groups in total. The van der Waals surface area contributed by atoms with Gasteiger partial charge < -0.3 is 15.2 Å². The van der Waals surface area contributed by atoms with Gasteiger partial charge in [-0.15, -0.1) is 0 Å². The molecule has 0 saturated carbocycles. The quantitative estimate of drug-likeness (QED) is 0.781. The molecule has 15 heavy (non-hydrogen) atoms. The number of hydrogen-bond donors (Lipinski definition) is 2. The van der Waals surface area contributed by atoms with Crippen LogP contribution in [0.4, 0.5) is 4.39 Å². The zero-order valence-corrected chi connectivity index (χ0v) is 8.37. The Morgan fingerprint density at radius 3 is 2.80 bits per heavy atom. The molecule has 2 rings (SSSR count). The van der Waals surface area contributed by atoms with Crippen LogP contribution >= 0.6 is 0 Å². The predicted octanol–water partition coefficient (Wildman–Crippen LogP) is 1.66. The first-order valence-electron chi connectivity index (χ1n) is 5.11. The van der Waals surface area contributed by atoms with Gasteiger partial charge in [0.15, 0.2) is 11.5 Å². The van der Waals surface area contributed by atoms with Crippen molar-refractivity contribution < 1.29 is 14.2 Å². The third-order valence-corrected chi connectivity index (χ3v) is 2.50. The van der Waals surface area contributed by atoms with Gasteiger partial charge in [0.1, 0.15) is 11.9 Å². The number of hydrogen-bond acceptors (Lipinski definition) is 3. The van der Waals surface area contributed by atoms with E-state index in [9.17, 15) is 9.50 Å². The number of piperidine rings is 1. The Morgan fingerprint density at radius 1 is 1.33 bits per heavy atom. The Hall–Kier alpha value is -1.29. The number of phenols is 1. The van der Waals surface area contributed by atoms with Crippen molar-refractivity contribution in [3.63, 3.8) is 0 Å². The zero-order valence-electron chi connectivity index (χ0n) is 8.37. The van der Waals surface area contributed by atoms with Crippen molar-refractivity contribution in [1.82, 2.24) is 5.32 Å². The molecule has 3 nitrogen and oxygen atoms in total. The first-order valence-corrected chi connectivity index (χ1v) is 5.11. The van der Waals surface area contributed by atoms with E-state index in [0.717, 1.165) is 25.9 Å². The Labute approximate surface area is 87.9 Å². The fourth-order valence-corrected chi connectivity index (χ4v) is 1.68. The highest BCUT2D eigenvalue weighted by Crippen LogP contribution is 2.28. The lowest BCUT2D eigenvalue weighted by Crippen LogP contribution is -2.34. The van der Waals surface area contributed by atoms with E-state index in [4.69, 9.17) is 4.74 Å². The number of phenolic OH excluding ortho intramolecular Hbond substituents is 1. The van der Waals surface area contributed by atoms with Crippen LogP contribution in [-0.4, -0.2) is 24.3 Å². The van der Waals surface area contributed by atoms with Gasteiger partial charge >= 0.3 is 0 Å². The van der Waals surface area contributed by atoms with Gasteiger partial charge in [0.2, 0.25) is 0 Å². The lowest BCUT2D eigenvalue weighted by atomic mass is 10.1. The lowest BCUT2D eigenvalue weighted by molar-refractivity contribution is 0.156. The van der Waals surface area contributed by atoms with E-state index in [2.05, 4.69) is 5.32 Å². The minimum atomic E-state index is -0.392. The number of nitrogens with one attached hydrogen (secondary N) is 1. The molecule has 0 atom stereocenters. The van der Waals surface area contributed by atoms with Crippen molar-refractivity contribution >= 4 is 0 Å². The molecule has 0 unspecified atom stereocenters. The maximum absolute atomic E-state index is 12.9. The van der Waals surface area contributed by atoms with E-state index in [1.54, 1.807) is 0 Å². The van der Waals surface area contributed by atoms with E-state index < -0.39 is 5.82 Å². The molecule has 1 aromatic rings. The number of aromatic hydroxyl groups is 1. The molecule has 82 valence electrons. The van der Waals surface area contributed by atoms with Gasteiger partial charge in [-0.3, -0.25) is 0 Å². The Kier molecular flexibility index (Phi) is 3.06. The van der Waals surface area contributed by atoms with Crippen LogP contribution in [0.1, 0.15) is 12.8 Å². The Morgan fingerprint density at radius 2 is 2.07 bits per heavy atom. The number of ether oxygens (including phenoxy) is 1. The molecule has 0 aromatic heterocycles. The maximum Gasteiger partial charge on any atom is 0.164 e. The normalized spacial score (nSPS) is 17.7. The van der Waals surface area contributed by atoms with Crippen molar-refractivity contribution in [3.05, 3.63) is 24.0 Å². The van der Waals surface area contributed by atoms with Crippen LogP contribution in [-0.2, 0) is 0 Å². The average molecular weight is 211 g/mol. The van der Waals surface area contributed by atoms with E-state index >= 15 is 0 Å². The van der Waals surface area contributed by atoms with Crippen LogP contribution in [0.25, 0.3) is 0 Å². The topological polar surface area (TPSA) is 41.5 Å². The van der Waals surface area contributed by atoms with Gasteiger partial charge in [-0.05, 0) is 38.1 Å². The third kappa shape index (κ3) is 2.59. The highest BCUT2D eigenvalue weighted by atomic mass is 19.1. The summed E-state index contributed by atoms with van der Waals surface area (Å²) < 4.78 is 18.4. The second-order valence-electron chi connectivity index (χ2n) is 3.68. The van der Waals surface area contributed by atoms with Crippen molar-refractivity contribution in [2.45, 2.75) is 18.9 Å². The fraction of sp³-hybridized carbons (Fsp3) is 0.455. The second-order valence-corrected chi connectivity index (χ2v) is 3.68. The molecule has 1 aliphatic rings. The molecule has 1 fully saturated rings. The monoisotopic (exact) mass is 211 g/mol. The molecule has 4 heteroatoms. The van der Waals surface area contributed by atoms with Crippen LogP contribution in [0.2, 0.25) is 0 Å². The standard InChI is InChI=1S/C11H14FNO2/c12-8-1-2-10(14)11(7-8)15-9-3-5-13-6-4-9/h1-2,7,9,13-14H,3-6H2. The summed E-state index contributed by atoms with van der Waals surface area (Å²) in [7, 11) is 0. The fourth-order valence-electron chi connectivity index (χ4n) is 1.68. The van der Waals surface area contributed by atoms with Crippen molar-refractivity contribution in [2.75, 3.05) is 13.1 Å². The molecule has 0 spiro atoms. The summed E-state index contributed by atoms with van der Waals surface area (Å²) in [6, 6.07) is 3.74. The van der Waals surface area contributed by atoms with Gasteiger partial charge in [0.05, 0.1) is 0 Å². The third-order valence-electron chi connectivity index (χ3n) is 2.50. The summed E-state index contributed by atoms with van der Waals surface area (Å²) >= 11 is 0. The molecule has 1 heterocycles. The smallest absolute Gasteiger partial charge is 0.164 e. The second kappa shape index (κ2) is 4.49. The number of benzene rings is 1. The van der Waals surface area contributed by atoms with Gasteiger partial charge in [-0.2, -0.15) is 0 Å². The van der Waals surface area contributed by atoms with Crippen molar-refractivity contribution in [1.29, 1.82) is 0 Å². The van der Waals surface area contributed by atoms with E-state index in [1.807, 2.05) is 0 Å². The molecule has 0 bridgehead atoms. The molecule has 1 saturated heterocycles. The van der Waals surface area contributed by atoms with Gasteiger partial charge in [-0.25, -0.2) is 4.39 Å². The molecule has 0 radical (unpaired) electrons. The van der Waals surface area contributed by atoms with Crippen LogP contribution in [0.15, 0.2) is 18.2 Å². The van der Waals surface area contributed by atoms with E-state index in [1.165, 1.54) is 18.2 Å². The summed E-state index contributed by atoms with van der Waals surface area (Å²) in [5.41, 5.74) is 0. The zero-order chi connectivity index (χ0) is 10.7. The molecular weight excluding hydrogens is 197 g/mol. The van der Waals surface area contributed by atoms with Gasteiger partial charge in [-0.1, -0.05) is 0 Å². The summed E-state index contributed by atoms with van der Waals surface area (Å²) in [4.78, 5) is 0. The molecule has 0 aliphatic carbocycles. The Balaban J connectivity index is 2.05. The van der Waals surface area contributed by atoms with Crippen LogP contribution in [0.5, 0.6) is 11.5 Å². The minimum absolute atomic E-state index is 0.00469. The first-order chi connectivity index (χ1) is 7.25. The summed E-state index contributed by atoms with van der Waals surface area (Å²) in [5, 5.41) is 12.7. The van der Waals surface area contributed by atoms with Crippen LogP contribution in [0, 0.1) is 5.82 Å². The largest absolute Gasteiger partial charge is 0.504 e. The van der Waals surface area contributed by atoms with Crippen LogP contribution < -0.4 is 10.1 Å². The van der Waals surface area contributed by atoms with Crippen molar-refractivity contribution in [2.24, 2.45) is 0 Å². The number of halogens is 1. The SMILES string of the molecule is Oc1ccc(F)cc1OC1CCNCC1. The summed E-state index contributed by atoms with van der Waals surface area (Å²) in [5.74, 6) is -0.159. The molecular formula is C11H14FNO2. The van der Waals surface area contributed by atoms with Crippen molar-refractivity contribution in [3.8, 4) is 11.5 Å². The predicted molar refractivity (Wildman–Crippen MR) is 54.6 cm³/mol. The van der Waals surface area contributed by atoms with E-state index in [-0.39, 0.29) is 17.6 Å². The highest BCUT2D eigenvalue weighted by molar-refractivity contribution is 5.38. The molecule has 1 aliphatic heterocycles. The number of rotatable bonds is 2. The first kappa shape index (κ1) is 10.2. The summed E-state index contributed by atoms with van der Waals surface area (Å²) in [6.45, 7) is 1.81.